The molecule has 1 aliphatic carbocycles. The van der Waals surface area contributed by atoms with E-state index in [2.05, 4.69) is 10.00 Å². The number of fused-ring (bicyclic) bond motifs is 1. The SMILES string of the molecule is Cn1cc(C(N)CN2CCOC3CCCCC32)cn1. The van der Waals surface area contributed by atoms with Crippen molar-refractivity contribution in [2.45, 2.75) is 43.9 Å². The number of rotatable bonds is 3. The topological polar surface area (TPSA) is 56.3 Å². The lowest BCUT2D eigenvalue weighted by molar-refractivity contribution is -0.0894. The van der Waals surface area contributed by atoms with Crippen molar-refractivity contribution in [2.75, 3.05) is 19.7 Å². The quantitative estimate of drug-likeness (QED) is 0.887. The molecule has 3 unspecified atom stereocenters. The fraction of sp³-hybridized carbons (Fsp3) is 0.786. The average molecular weight is 264 g/mol. The second kappa shape index (κ2) is 5.61. The van der Waals surface area contributed by atoms with E-state index in [0.717, 1.165) is 25.3 Å². The molecule has 19 heavy (non-hydrogen) atoms. The summed E-state index contributed by atoms with van der Waals surface area (Å²) >= 11 is 0. The molecule has 2 aliphatic rings. The summed E-state index contributed by atoms with van der Waals surface area (Å²) in [5.74, 6) is 0. The Bertz CT molecular complexity index is 417. The molecule has 0 aromatic carbocycles. The van der Waals surface area contributed by atoms with Crippen LogP contribution < -0.4 is 5.73 Å². The van der Waals surface area contributed by atoms with Crippen molar-refractivity contribution in [1.29, 1.82) is 0 Å². The minimum absolute atomic E-state index is 0.0503. The number of hydrogen-bond donors (Lipinski definition) is 1. The molecule has 0 amide bonds. The average Bonchev–Trinajstić information content (AvgIpc) is 2.86. The molecule has 106 valence electrons. The number of morpholine rings is 1. The molecule has 2 heterocycles. The Morgan fingerprint density at radius 1 is 1.47 bits per heavy atom. The van der Waals surface area contributed by atoms with Crippen molar-refractivity contribution in [3.63, 3.8) is 0 Å². The number of ether oxygens (including phenoxy) is 1. The van der Waals surface area contributed by atoms with Crippen molar-refractivity contribution in [1.82, 2.24) is 14.7 Å². The summed E-state index contributed by atoms with van der Waals surface area (Å²) in [5, 5.41) is 4.21. The molecule has 1 aromatic rings. The van der Waals surface area contributed by atoms with Crippen molar-refractivity contribution in [2.24, 2.45) is 12.8 Å². The van der Waals surface area contributed by atoms with E-state index >= 15 is 0 Å². The monoisotopic (exact) mass is 264 g/mol. The maximum absolute atomic E-state index is 6.33. The van der Waals surface area contributed by atoms with Crippen molar-refractivity contribution >= 4 is 0 Å². The third kappa shape index (κ3) is 2.83. The van der Waals surface area contributed by atoms with Gasteiger partial charge in [-0.05, 0) is 12.8 Å². The van der Waals surface area contributed by atoms with Gasteiger partial charge >= 0.3 is 0 Å². The summed E-state index contributed by atoms with van der Waals surface area (Å²) in [4.78, 5) is 2.53. The van der Waals surface area contributed by atoms with Crippen LogP contribution in [0.1, 0.15) is 37.3 Å². The Labute approximate surface area is 114 Å². The van der Waals surface area contributed by atoms with Gasteiger partial charge in [0.1, 0.15) is 0 Å². The summed E-state index contributed by atoms with van der Waals surface area (Å²) in [6.07, 6.45) is 9.43. The van der Waals surface area contributed by atoms with Crippen LogP contribution in [0.5, 0.6) is 0 Å². The van der Waals surface area contributed by atoms with Gasteiger partial charge in [0.15, 0.2) is 0 Å². The van der Waals surface area contributed by atoms with Crippen LogP contribution in [0.3, 0.4) is 0 Å². The van der Waals surface area contributed by atoms with Crippen LogP contribution >= 0.6 is 0 Å². The van der Waals surface area contributed by atoms with E-state index in [9.17, 15) is 0 Å². The first-order chi connectivity index (χ1) is 9.24. The van der Waals surface area contributed by atoms with Gasteiger partial charge in [0, 0.05) is 44.0 Å². The lowest BCUT2D eigenvalue weighted by Crippen LogP contribution is -2.54. The smallest absolute Gasteiger partial charge is 0.0730 e. The largest absolute Gasteiger partial charge is 0.375 e. The highest BCUT2D eigenvalue weighted by atomic mass is 16.5. The first kappa shape index (κ1) is 13.1. The molecule has 0 radical (unpaired) electrons. The number of aryl methyl sites for hydroxylation is 1. The normalized spacial score (nSPS) is 30.0. The van der Waals surface area contributed by atoms with Gasteiger partial charge in [0.2, 0.25) is 0 Å². The predicted octanol–water partition coefficient (Wildman–Crippen LogP) is 1.06. The fourth-order valence-electron chi connectivity index (χ4n) is 3.39. The predicted molar refractivity (Wildman–Crippen MR) is 73.7 cm³/mol. The van der Waals surface area contributed by atoms with Crippen LogP contribution in [-0.2, 0) is 11.8 Å². The van der Waals surface area contributed by atoms with Crippen molar-refractivity contribution in [3.8, 4) is 0 Å². The van der Waals surface area contributed by atoms with E-state index in [1.807, 2.05) is 24.1 Å². The van der Waals surface area contributed by atoms with Gasteiger partial charge in [-0.2, -0.15) is 5.10 Å². The maximum atomic E-state index is 6.33. The van der Waals surface area contributed by atoms with Crippen LogP contribution in [0.4, 0.5) is 0 Å². The molecule has 1 saturated heterocycles. The molecule has 0 spiro atoms. The van der Waals surface area contributed by atoms with E-state index in [0.29, 0.717) is 12.1 Å². The van der Waals surface area contributed by atoms with Gasteiger partial charge in [-0.3, -0.25) is 9.58 Å². The summed E-state index contributed by atoms with van der Waals surface area (Å²) in [6.45, 7) is 2.77. The van der Waals surface area contributed by atoms with Gasteiger partial charge in [0.05, 0.1) is 18.9 Å². The Balaban J connectivity index is 1.64. The second-order valence-electron chi connectivity index (χ2n) is 5.81. The third-order valence-corrected chi connectivity index (χ3v) is 4.43. The Morgan fingerprint density at radius 2 is 2.32 bits per heavy atom. The number of nitrogens with zero attached hydrogens (tertiary/aromatic N) is 3. The van der Waals surface area contributed by atoms with Gasteiger partial charge in [0.25, 0.3) is 0 Å². The van der Waals surface area contributed by atoms with E-state index < -0.39 is 0 Å². The summed E-state index contributed by atoms with van der Waals surface area (Å²) < 4.78 is 7.72. The zero-order valence-electron chi connectivity index (χ0n) is 11.7. The molecule has 1 aliphatic heterocycles. The summed E-state index contributed by atoms with van der Waals surface area (Å²) in [6, 6.07) is 0.625. The highest BCUT2D eigenvalue weighted by Crippen LogP contribution is 2.29. The maximum Gasteiger partial charge on any atom is 0.0730 e. The molecule has 5 heteroatoms. The zero-order chi connectivity index (χ0) is 13.2. The Hall–Kier alpha value is -0.910. The zero-order valence-corrected chi connectivity index (χ0v) is 11.7. The highest BCUT2D eigenvalue weighted by Gasteiger charge is 2.34. The molecule has 3 atom stereocenters. The molecule has 2 fully saturated rings. The van der Waals surface area contributed by atoms with E-state index in [1.54, 1.807) is 0 Å². The Kier molecular flexibility index (Phi) is 3.86. The van der Waals surface area contributed by atoms with E-state index in [4.69, 9.17) is 10.5 Å². The van der Waals surface area contributed by atoms with E-state index in [-0.39, 0.29) is 6.04 Å². The highest BCUT2D eigenvalue weighted by molar-refractivity contribution is 5.10. The standard InChI is InChI=1S/C14H24N4O/c1-17-9-11(8-16-17)12(15)10-18-6-7-19-14-5-3-2-4-13(14)18/h8-9,12-14H,2-7,10,15H2,1H3. The van der Waals surface area contributed by atoms with Gasteiger partial charge < -0.3 is 10.5 Å². The molecule has 0 bridgehead atoms. The first-order valence-corrected chi connectivity index (χ1v) is 7.34. The van der Waals surface area contributed by atoms with Gasteiger partial charge in [-0.25, -0.2) is 0 Å². The molecule has 1 saturated carbocycles. The first-order valence-electron chi connectivity index (χ1n) is 7.34. The van der Waals surface area contributed by atoms with Crippen LogP contribution in [0.2, 0.25) is 0 Å². The molecule has 1 aromatic heterocycles. The molecule has 2 N–H and O–H groups in total. The fourth-order valence-corrected chi connectivity index (χ4v) is 3.39. The molecular formula is C14H24N4O. The number of aromatic nitrogens is 2. The lowest BCUT2D eigenvalue weighted by Gasteiger charge is -2.44. The van der Waals surface area contributed by atoms with Crippen LogP contribution in [0, 0.1) is 0 Å². The minimum Gasteiger partial charge on any atom is -0.375 e. The van der Waals surface area contributed by atoms with Crippen molar-refractivity contribution in [3.05, 3.63) is 18.0 Å². The molecule has 5 nitrogen and oxygen atoms in total. The summed E-state index contributed by atoms with van der Waals surface area (Å²) in [7, 11) is 1.93. The second-order valence-corrected chi connectivity index (χ2v) is 5.81. The minimum atomic E-state index is 0.0503. The van der Waals surface area contributed by atoms with Crippen molar-refractivity contribution < 1.29 is 4.74 Å². The molecular weight excluding hydrogens is 240 g/mol. The summed E-state index contributed by atoms with van der Waals surface area (Å²) in [5.41, 5.74) is 7.45. The number of hydrogen-bond acceptors (Lipinski definition) is 4. The van der Waals surface area contributed by atoms with Gasteiger partial charge in [-0.15, -0.1) is 0 Å². The van der Waals surface area contributed by atoms with Gasteiger partial charge in [-0.1, -0.05) is 12.8 Å². The Morgan fingerprint density at radius 3 is 3.11 bits per heavy atom. The van der Waals surface area contributed by atoms with Crippen LogP contribution in [0.15, 0.2) is 12.4 Å². The lowest BCUT2D eigenvalue weighted by atomic mass is 9.89. The number of nitrogens with two attached hydrogens (primary N) is 1. The molecule has 3 rings (SSSR count). The van der Waals surface area contributed by atoms with E-state index in [1.165, 1.54) is 25.7 Å². The third-order valence-electron chi connectivity index (χ3n) is 4.43. The van der Waals surface area contributed by atoms with Crippen LogP contribution in [-0.4, -0.2) is 46.5 Å². The van der Waals surface area contributed by atoms with Crippen LogP contribution in [0.25, 0.3) is 0 Å².